The van der Waals surface area contributed by atoms with Crippen molar-refractivity contribution in [3.05, 3.63) is 41.3 Å². The molecule has 1 N–H and O–H groups in total. The zero-order valence-corrected chi connectivity index (χ0v) is 19.6. The summed E-state index contributed by atoms with van der Waals surface area (Å²) in [4.78, 5) is 11.3. The molecule has 0 aliphatic carbocycles. The maximum atomic E-state index is 14.9. The Morgan fingerprint density at radius 2 is 2.03 bits per heavy atom. The molecule has 2 saturated heterocycles. The van der Waals surface area contributed by atoms with Crippen LogP contribution in [0.25, 0.3) is 16.7 Å². The van der Waals surface area contributed by atoms with Crippen molar-refractivity contribution in [1.29, 1.82) is 0 Å². The second-order valence-corrected chi connectivity index (χ2v) is 9.55. The van der Waals surface area contributed by atoms with Gasteiger partial charge in [0.25, 0.3) is 0 Å². The van der Waals surface area contributed by atoms with Gasteiger partial charge in [0, 0.05) is 31.1 Å². The standard InChI is InChI=1S/C23H28FN5O3S/c1-14-7-16-10-25-29(19(16)8-18(14)23(33)3-5-31-13-20(23)24)22-9-21(26-15(2)27-22)28-4-6-32-17(11-28)12-30/h7-10,17,20,30,33H,3-6,11-13H2,1-2H3/t17-,20?,23-/m0/s1. The molecule has 2 aliphatic heterocycles. The maximum Gasteiger partial charge on any atom is 0.159 e. The number of fused-ring (bicyclic) bond motifs is 1. The number of aryl methyl sites for hydroxylation is 2. The average molecular weight is 474 g/mol. The summed E-state index contributed by atoms with van der Waals surface area (Å²) in [7, 11) is 0. The van der Waals surface area contributed by atoms with Crippen LogP contribution in [-0.2, 0) is 14.2 Å². The highest BCUT2D eigenvalue weighted by molar-refractivity contribution is 7.81. The number of ether oxygens (including phenoxy) is 2. The molecule has 2 aromatic heterocycles. The van der Waals surface area contributed by atoms with Gasteiger partial charge >= 0.3 is 0 Å². The van der Waals surface area contributed by atoms with Gasteiger partial charge < -0.3 is 19.5 Å². The van der Waals surface area contributed by atoms with E-state index in [1.165, 1.54) is 0 Å². The van der Waals surface area contributed by atoms with Crippen LogP contribution in [0.15, 0.2) is 24.4 Å². The van der Waals surface area contributed by atoms with Gasteiger partial charge in [0.05, 0.1) is 42.4 Å². The lowest BCUT2D eigenvalue weighted by Crippen LogP contribution is -2.44. The number of rotatable bonds is 4. The fraction of sp³-hybridized carbons (Fsp3) is 0.522. The lowest BCUT2D eigenvalue weighted by atomic mass is 9.85. The summed E-state index contributed by atoms with van der Waals surface area (Å²) in [5, 5.41) is 15.0. The molecule has 3 atom stereocenters. The summed E-state index contributed by atoms with van der Waals surface area (Å²) in [6.45, 7) is 6.06. The number of aliphatic hydroxyl groups is 1. The number of halogens is 1. The molecule has 3 aromatic rings. The fourth-order valence-electron chi connectivity index (χ4n) is 4.69. The molecule has 0 radical (unpaired) electrons. The maximum absolute atomic E-state index is 14.9. The van der Waals surface area contributed by atoms with E-state index in [-0.39, 0.29) is 19.3 Å². The van der Waals surface area contributed by atoms with Gasteiger partial charge in [0.1, 0.15) is 17.8 Å². The van der Waals surface area contributed by atoms with Crippen LogP contribution in [0.4, 0.5) is 10.2 Å². The fourth-order valence-corrected chi connectivity index (χ4v) is 5.10. The van der Waals surface area contributed by atoms with E-state index < -0.39 is 10.9 Å². The van der Waals surface area contributed by atoms with E-state index >= 15 is 0 Å². The molecule has 33 heavy (non-hydrogen) atoms. The molecule has 2 fully saturated rings. The predicted molar refractivity (Wildman–Crippen MR) is 126 cm³/mol. The van der Waals surface area contributed by atoms with Gasteiger partial charge in [0.15, 0.2) is 5.82 Å². The van der Waals surface area contributed by atoms with Crippen molar-refractivity contribution in [3.63, 3.8) is 0 Å². The predicted octanol–water partition coefficient (Wildman–Crippen LogP) is 2.51. The highest BCUT2D eigenvalue weighted by atomic mass is 32.1. The van der Waals surface area contributed by atoms with Crippen molar-refractivity contribution in [1.82, 2.24) is 19.7 Å². The zero-order valence-electron chi connectivity index (χ0n) is 18.7. The van der Waals surface area contributed by atoms with Crippen molar-refractivity contribution in [2.75, 3.05) is 44.4 Å². The number of aromatic nitrogens is 4. The van der Waals surface area contributed by atoms with Crippen LogP contribution in [-0.4, -0.2) is 76.6 Å². The first-order valence-electron chi connectivity index (χ1n) is 11.2. The topological polar surface area (TPSA) is 85.5 Å². The Labute approximate surface area is 197 Å². The van der Waals surface area contributed by atoms with E-state index in [0.717, 1.165) is 27.8 Å². The minimum atomic E-state index is -1.20. The number of benzene rings is 1. The van der Waals surface area contributed by atoms with Crippen LogP contribution in [0, 0.1) is 13.8 Å². The SMILES string of the molecule is Cc1nc(N2CCO[C@H](CO)C2)cc(-n2ncc3cc(C)c([C@@]4(S)CCOCC4F)cc32)n1. The molecule has 0 spiro atoms. The zero-order chi connectivity index (χ0) is 23.2. The quantitative estimate of drug-likeness (QED) is 0.563. The van der Waals surface area contributed by atoms with E-state index in [4.69, 9.17) is 22.1 Å². The molecule has 4 heterocycles. The van der Waals surface area contributed by atoms with E-state index in [1.807, 2.05) is 32.0 Å². The van der Waals surface area contributed by atoms with E-state index in [9.17, 15) is 9.50 Å². The molecular formula is C23H28FN5O3S. The molecular weight excluding hydrogens is 445 g/mol. The van der Waals surface area contributed by atoms with Crippen molar-refractivity contribution < 1.29 is 19.0 Å². The Morgan fingerprint density at radius 3 is 2.82 bits per heavy atom. The van der Waals surface area contributed by atoms with E-state index in [2.05, 4.69) is 20.0 Å². The monoisotopic (exact) mass is 473 g/mol. The number of aliphatic hydroxyl groups excluding tert-OH is 1. The van der Waals surface area contributed by atoms with Gasteiger partial charge in [-0.1, -0.05) is 0 Å². The number of thiol groups is 1. The molecule has 5 rings (SSSR count). The summed E-state index contributed by atoms with van der Waals surface area (Å²) in [6, 6.07) is 5.90. The van der Waals surface area contributed by atoms with Gasteiger partial charge in [-0.2, -0.15) is 17.7 Å². The van der Waals surface area contributed by atoms with Crippen molar-refractivity contribution in [2.24, 2.45) is 0 Å². The Kier molecular flexibility index (Phi) is 6.02. The third-order valence-electron chi connectivity index (χ3n) is 6.48. The summed E-state index contributed by atoms with van der Waals surface area (Å²) >= 11 is 4.80. The summed E-state index contributed by atoms with van der Waals surface area (Å²) in [5.41, 5.74) is 2.66. The minimum Gasteiger partial charge on any atom is -0.394 e. The third-order valence-corrected chi connectivity index (χ3v) is 7.23. The van der Waals surface area contributed by atoms with Crippen LogP contribution in [0.3, 0.4) is 0 Å². The Balaban J connectivity index is 1.57. The lowest BCUT2D eigenvalue weighted by Gasteiger charge is -2.37. The van der Waals surface area contributed by atoms with Crippen molar-refractivity contribution >= 4 is 29.3 Å². The first kappa shape index (κ1) is 22.5. The minimum absolute atomic E-state index is 0.0363. The molecule has 176 valence electrons. The largest absolute Gasteiger partial charge is 0.394 e. The smallest absolute Gasteiger partial charge is 0.159 e. The second kappa shape index (κ2) is 8.83. The number of morpholine rings is 1. The molecule has 10 heteroatoms. The number of alkyl halides is 1. The first-order valence-corrected chi connectivity index (χ1v) is 11.6. The number of anilines is 1. The highest BCUT2D eigenvalue weighted by Gasteiger charge is 2.41. The Hall–Kier alpha value is -2.27. The normalized spacial score (nSPS) is 26.2. The van der Waals surface area contributed by atoms with Gasteiger partial charge in [-0.15, -0.1) is 0 Å². The molecule has 1 unspecified atom stereocenters. The van der Waals surface area contributed by atoms with Gasteiger partial charge in [0.2, 0.25) is 0 Å². The van der Waals surface area contributed by atoms with Crippen LogP contribution < -0.4 is 4.90 Å². The summed E-state index contributed by atoms with van der Waals surface area (Å²) in [6.07, 6.45) is 0.850. The molecule has 2 aliphatic rings. The number of hydrogen-bond donors (Lipinski definition) is 2. The van der Waals surface area contributed by atoms with Crippen LogP contribution in [0.1, 0.15) is 23.4 Å². The summed E-state index contributed by atoms with van der Waals surface area (Å²) < 4.78 is 26.7. The molecule has 1 aromatic carbocycles. The molecule has 0 bridgehead atoms. The second-order valence-electron chi connectivity index (χ2n) is 8.75. The van der Waals surface area contributed by atoms with Crippen molar-refractivity contribution in [2.45, 2.75) is 37.3 Å². The first-order chi connectivity index (χ1) is 15.9. The molecule has 0 amide bonds. The van der Waals surface area contributed by atoms with Crippen LogP contribution in [0.2, 0.25) is 0 Å². The van der Waals surface area contributed by atoms with E-state index in [0.29, 0.717) is 44.4 Å². The highest BCUT2D eigenvalue weighted by Crippen LogP contribution is 2.43. The van der Waals surface area contributed by atoms with Gasteiger partial charge in [-0.05, 0) is 43.5 Å². The van der Waals surface area contributed by atoms with Crippen LogP contribution in [0.5, 0.6) is 0 Å². The Morgan fingerprint density at radius 1 is 1.21 bits per heavy atom. The third kappa shape index (κ3) is 4.09. The van der Waals surface area contributed by atoms with Gasteiger partial charge in [-0.25, -0.2) is 19.0 Å². The molecule has 8 nitrogen and oxygen atoms in total. The lowest BCUT2D eigenvalue weighted by molar-refractivity contribution is 0.00335. The van der Waals surface area contributed by atoms with E-state index in [1.54, 1.807) is 10.9 Å². The molecule has 0 saturated carbocycles. The number of nitrogens with zero attached hydrogens (tertiary/aromatic N) is 5. The van der Waals surface area contributed by atoms with Crippen molar-refractivity contribution in [3.8, 4) is 5.82 Å². The average Bonchev–Trinajstić information content (AvgIpc) is 3.23. The van der Waals surface area contributed by atoms with Gasteiger partial charge in [-0.3, -0.25) is 0 Å². The summed E-state index contributed by atoms with van der Waals surface area (Å²) in [5.74, 6) is 2.00. The number of hydrogen-bond acceptors (Lipinski definition) is 8. The Bertz CT molecular complexity index is 1170. The van der Waals surface area contributed by atoms with Crippen LogP contribution >= 0.6 is 12.6 Å².